The lowest BCUT2D eigenvalue weighted by Gasteiger charge is -2.20. The summed E-state index contributed by atoms with van der Waals surface area (Å²) in [6.45, 7) is 0. The van der Waals surface area contributed by atoms with Crippen molar-refractivity contribution in [2.24, 2.45) is 0 Å². The molecule has 3 heteroatoms. The maximum atomic E-state index is 10.9. The Labute approximate surface area is 283 Å². The van der Waals surface area contributed by atoms with Crippen LogP contribution in [-0.4, -0.2) is 4.57 Å². The third-order valence-electron chi connectivity index (χ3n) is 9.70. The first-order chi connectivity index (χ1) is 24.3. The van der Waals surface area contributed by atoms with Crippen LogP contribution in [-0.2, 0) is 0 Å². The van der Waals surface area contributed by atoms with Crippen LogP contribution in [0.1, 0.15) is 11.1 Å². The van der Waals surface area contributed by atoms with E-state index >= 15 is 0 Å². The highest BCUT2D eigenvalue weighted by atomic mass is 15.0. The van der Waals surface area contributed by atoms with Crippen molar-refractivity contribution in [1.29, 1.82) is 10.5 Å². The molecule has 0 bridgehead atoms. The molecule has 8 aromatic carbocycles. The van der Waals surface area contributed by atoms with Crippen molar-refractivity contribution in [3.63, 3.8) is 0 Å². The van der Waals surface area contributed by atoms with Gasteiger partial charge < -0.3 is 4.57 Å². The standard InChI is InChI=1S/C46H27N3/c47-28-32-24-27-34(30-22-25-33(26-23-30)49-42-20-10-8-14-35(42)36-15-9-11-21-43(36)49)41(29-48)45(32)46-39-18-6-4-16-37(39)44(31-12-2-1-3-13-31)38-17-5-7-19-40(38)46/h1-27H. The Morgan fingerprint density at radius 2 is 0.857 bits per heavy atom. The van der Waals surface area contributed by atoms with Crippen molar-refractivity contribution < 1.29 is 0 Å². The Kier molecular flexibility index (Phi) is 6.58. The second-order valence-corrected chi connectivity index (χ2v) is 12.3. The fourth-order valence-electron chi connectivity index (χ4n) is 7.62. The largest absolute Gasteiger partial charge is 0.309 e. The van der Waals surface area contributed by atoms with Gasteiger partial charge in [-0.3, -0.25) is 0 Å². The van der Waals surface area contributed by atoms with E-state index in [0.717, 1.165) is 66.1 Å². The molecule has 49 heavy (non-hydrogen) atoms. The Morgan fingerprint density at radius 1 is 0.367 bits per heavy atom. The minimum Gasteiger partial charge on any atom is -0.309 e. The number of nitriles is 2. The van der Waals surface area contributed by atoms with Crippen LogP contribution in [0.4, 0.5) is 0 Å². The van der Waals surface area contributed by atoms with Crippen LogP contribution < -0.4 is 0 Å². The van der Waals surface area contributed by atoms with Crippen molar-refractivity contribution in [1.82, 2.24) is 4.57 Å². The summed E-state index contributed by atoms with van der Waals surface area (Å²) in [5.74, 6) is 0. The third kappa shape index (κ3) is 4.35. The van der Waals surface area contributed by atoms with E-state index in [-0.39, 0.29) is 0 Å². The summed E-state index contributed by atoms with van der Waals surface area (Å²) < 4.78 is 2.29. The number of rotatable bonds is 4. The maximum Gasteiger partial charge on any atom is 0.100 e. The zero-order chi connectivity index (χ0) is 32.9. The number of fused-ring (bicyclic) bond motifs is 5. The molecule has 0 fully saturated rings. The van der Waals surface area contributed by atoms with E-state index in [1.54, 1.807) is 0 Å². The summed E-state index contributed by atoms with van der Waals surface area (Å²) in [7, 11) is 0. The van der Waals surface area contributed by atoms with Gasteiger partial charge in [0.1, 0.15) is 6.07 Å². The van der Waals surface area contributed by atoms with Crippen molar-refractivity contribution in [2.45, 2.75) is 0 Å². The first-order valence-electron chi connectivity index (χ1n) is 16.3. The topological polar surface area (TPSA) is 52.5 Å². The molecule has 0 spiro atoms. The molecule has 0 aliphatic rings. The molecular weight excluding hydrogens is 595 g/mol. The second kappa shape index (κ2) is 11.4. The Bertz CT molecular complexity index is 2720. The maximum absolute atomic E-state index is 10.9. The van der Waals surface area contributed by atoms with Crippen LogP contribution in [0.15, 0.2) is 164 Å². The highest BCUT2D eigenvalue weighted by molar-refractivity contribution is 6.22. The van der Waals surface area contributed by atoms with E-state index in [2.05, 4.69) is 150 Å². The van der Waals surface area contributed by atoms with Gasteiger partial charge >= 0.3 is 0 Å². The van der Waals surface area contributed by atoms with Crippen molar-refractivity contribution in [3.05, 3.63) is 175 Å². The van der Waals surface area contributed by atoms with E-state index in [1.165, 1.54) is 10.8 Å². The Hall–Kier alpha value is -6.94. The molecule has 0 N–H and O–H groups in total. The lowest BCUT2D eigenvalue weighted by molar-refractivity contribution is 1.18. The molecular formula is C46H27N3. The molecule has 1 heterocycles. The zero-order valence-corrected chi connectivity index (χ0v) is 26.4. The SMILES string of the molecule is N#Cc1ccc(-c2ccc(-n3c4ccccc4c4ccccc43)cc2)c(C#N)c1-c1c2ccccc2c(-c2ccccc2)c2ccccc12. The van der Waals surface area contributed by atoms with Crippen LogP contribution in [0.5, 0.6) is 0 Å². The molecule has 0 saturated carbocycles. The Morgan fingerprint density at radius 3 is 1.39 bits per heavy atom. The van der Waals surface area contributed by atoms with E-state index < -0.39 is 0 Å². The monoisotopic (exact) mass is 621 g/mol. The molecule has 226 valence electrons. The minimum atomic E-state index is 0.477. The minimum absolute atomic E-state index is 0.477. The molecule has 3 nitrogen and oxygen atoms in total. The van der Waals surface area contributed by atoms with Gasteiger partial charge in [-0.15, -0.1) is 0 Å². The van der Waals surface area contributed by atoms with Crippen LogP contribution in [0, 0.1) is 22.7 Å². The summed E-state index contributed by atoms with van der Waals surface area (Å²) in [6, 6.07) is 61.2. The number of nitrogens with zero attached hydrogens (tertiary/aromatic N) is 3. The van der Waals surface area contributed by atoms with Gasteiger partial charge in [0, 0.05) is 33.2 Å². The molecule has 9 aromatic rings. The van der Waals surface area contributed by atoms with Crippen LogP contribution >= 0.6 is 0 Å². The molecule has 9 rings (SSSR count). The lowest BCUT2D eigenvalue weighted by Crippen LogP contribution is -1.98. The Balaban J connectivity index is 1.28. The molecule has 0 saturated heterocycles. The summed E-state index contributed by atoms with van der Waals surface area (Å²) in [5, 5.41) is 28.0. The van der Waals surface area contributed by atoms with Gasteiger partial charge in [-0.25, -0.2) is 0 Å². The number of para-hydroxylation sites is 2. The molecule has 0 aliphatic carbocycles. The second-order valence-electron chi connectivity index (χ2n) is 12.3. The number of aromatic nitrogens is 1. The predicted octanol–water partition coefficient (Wildman–Crippen LogP) is 11.8. The van der Waals surface area contributed by atoms with Crippen LogP contribution in [0.25, 0.3) is 82.4 Å². The van der Waals surface area contributed by atoms with Crippen molar-refractivity contribution >= 4 is 43.4 Å². The number of hydrogen-bond donors (Lipinski definition) is 0. The van der Waals surface area contributed by atoms with Gasteiger partial charge in [0.25, 0.3) is 0 Å². The van der Waals surface area contributed by atoms with Gasteiger partial charge in [-0.1, -0.05) is 133 Å². The highest BCUT2D eigenvalue weighted by Crippen LogP contribution is 2.46. The molecule has 0 aliphatic heterocycles. The quantitative estimate of drug-likeness (QED) is 0.184. The normalized spacial score (nSPS) is 11.2. The zero-order valence-electron chi connectivity index (χ0n) is 26.4. The molecule has 1 aromatic heterocycles. The fourth-order valence-corrected chi connectivity index (χ4v) is 7.62. The van der Waals surface area contributed by atoms with Gasteiger partial charge in [-0.05, 0) is 68.6 Å². The summed E-state index contributed by atoms with van der Waals surface area (Å²) in [4.78, 5) is 0. The van der Waals surface area contributed by atoms with E-state index in [9.17, 15) is 10.5 Å². The predicted molar refractivity (Wildman–Crippen MR) is 202 cm³/mol. The average molecular weight is 622 g/mol. The van der Waals surface area contributed by atoms with Crippen LogP contribution in [0.2, 0.25) is 0 Å². The van der Waals surface area contributed by atoms with Crippen molar-refractivity contribution in [2.75, 3.05) is 0 Å². The third-order valence-corrected chi connectivity index (χ3v) is 9.70. The first-order valence-corrected chi connectivity index (χ1v) is 16.3. The van der Waals surface area contributed by atoms with Gasteiger partial charge in [-0.2, -0.15) is 10.5 Å². The summed E-state index contributed by atoms with van der Waals surface area (Å²) in [6.07, 6.45) is 0. The summed E-state index contributed by atoms with van der Waals surface area (Å²) in [5.41, 5.74) is 9.86. The number of hydrogen-bond acceptors (Lipinski definition) is 2. The molecule has 0 radical (unpaired) electrons. The lowest BCUT2D eigenvalue weighted by atomic mass is 9.82. The van der Waals surface area contributed by atoms with Gasteiger partial charge in [0.15, 0.2) is 0 Å². The van der Waals surface area contributed by atoms with Crippen LogP contribution in [0.3, 0.4) is 0 Å². The molecule has 0 atom stereocenters. The highest BCUT2D eigenvalue weighted by Gasteiger charge is 2.23. The van der Waals surface area contributed by atoms with Gasteiger partial charge in [0.05, 0.1) is 28.2 Å². The van der Waals surface area contributed by atoms with Gasteiger partial charge in [0.2, 0.25) is 0 Å². The smallest absolute Gasteiger partial charge is 0.100 e. The van der Waals surface area contributed by atoms with E-state index in [4.69, 9.17) is 0 Å². The molecule has 0 unspecified atom stereocenters. The van der Waals surface area contributed by atoms with E-state index in [1.807, 2.05) is 30.3 Å². The van der Waals surface area contributed by atoms with Crippen molar-refractivity contribution in [3.8, 4) is 51.2 Å². The number of benzene rings is 8. The first kappa shape index (κ1) is 28.3. The fraction of sp³-hybridized carbons (Fsp3) is 0. The van der Waals surface area contributed by atoms with E-state index in [0.29, 0.717) is 16.7 Å². The summed E-state index contributed by atoms with van der Waals surface area (Å²) >= 11 is 0. The molecule has 0 amide bonds. The average Bonchev–Trinajstić information content (AvgIpc) is 3.51.